The van der Waals surface area contributed by atoms with Crippen molar-refractivity contribution in [3.63, 3.8) is 0 Å². The molecular weight excluding hydrogens is 222 g/mol. The highest BCUT2D eigenvalue weighted by Gasteiger charge is 2.07. The second-order valence-electron chi connectivity index (χ2n) is 3.70. The Labute approximate surface area is 96.7 Å². The number of nitrogen functional groups attached to an aromatic ring is 1. The lowest BCUT2D eigenvalue weighted by Gasteiger charge is -2.08. The monoisotopic (exact) mass is 235 g/mol. The van der Waals surface area contributed by atoms with Crippen molar-refractivity contribution >= 4 is 5.69 Å². The molecule has 0 saturated heterocycles. The third-order valence-electron chi connectivity index (χ3n) is 2.47. The Morgan fingerprint density at radius 2 is 2.12 bits per heavy atom. The summed E-state index contributed by atoms with van der Waals surface area (Å²) in [5.74, 6) is 0. The largest absolute Gasteiger partial charge is 0.393 e. The third kappa shape index (κ3) is 2.12. The maximum Gasteiger partial charge on any atom is 0.330 e. The van der Waals surface area contributed by atoms with Gasteiger partial charge in [-0.3, -0.25) is 14.0 Å². The smallest absolute Gasteiger partial charge is 0.330 e. The minimum absolute atomic E-state index is 0.0626. The highest BCUT2D eigenvalue weighted by molar-refractivity contribution is 5.30. The fourth-order valence-corrected chi connectivity index (χ4v) is 1.58. The van der Waals surface area contributed by atoms with Crippen LogP contribution in [0.15, 0.2) is 34.2 Å². The van der Waals surface area contributed by atoms with Gasteiger partial charge in [-0.05, 0) is 6.07 Å². The molecule has 2 heterocycles. The van der Waals surface area contributed by atoms with Crippen molar-refractivity contribution < 1.29 is 0 Å². The number of hydrogen-bond acceptors (Lipinski definition) is 4. The van der Waals surface area contributed by atoms with Crippen LogP contribution < -0.4 is 17.0 Å². The molecule has 0 aliphatic heterocycles. The Morgan fingerprint density at radius 3 is 2.76 bits per heavy atom. The fraction of sp³-hybridized carbons (Fsp3) is 0.300. The molecular formula is C10H13N5O2. The van der Waals surface area contributed by atoms with Gasteiger partial charge in [0.05, 0.1) is 13.1 Å². The molecule has 0 spiro atoms. The number of hydrogen-bond donors (Lipinski definition) is 1. The van der Waals surface area contributed by atoms with Gasteiger partial charge in [-0.1, -0.05) is 0 Å². The second-order valence-corrected chi connectivity index (χ2v) is 3.70. The van der Waals surface area contributed by atoms with Crippen LogP contribution in [0.2, 0.25) is 0 Å². The van der Waals surface area contributed by atoms with Gasteiger partial charge < -0.3 is 10.3 Å². The average Bonchev–Trinajstić information content (AvgIpc) is 2.79. The van der Waals surface area contributed by atoms with Crippen molar-refractivity contribution in [2.24, 2.45) is 7.05 Å². The van der Waals surface area contributed by atoms with Gasteiger partial charge in [-0.2, -0.15) is 5.10 Å². The zero-order chi connectivity index (χ0) is 12.4. The van der Waals surface area contributed by atoms with Crippen molar-refractivity contribution in [3.05, 3.63) is 45.5 Å². The molecule has 0 aliphatic rings. The molecule has 0 saturated carbocycles. The van der Waals surface area contributed by atoms with Crippen molar-refractivity contribution in [1.82, 2.24) is 18.9 Å². The van der Waals surface area contributed by atoms with E-state index in [0.29, 0.717) is 6.54 Å². The van der Waals surface area contributed by atoms with Crippen LogP contribution in [0.1, 0.15) is 0 Å². The first-order valence-electron chi connectivity index (χ1n) is 5.13. The molecule has 17 heavy (non-hydrogen) atoms. The van der Waals surface area contributed by atoms with E-state index in [9.17, 15) is 9.59 Å². The molecule has 0 aliphatic carbocycles. The molecule has 0 unspecified atom stereocenters. The standard InChI is InChI=1S/C10H13N5O2/c1-13-7-8(11)9(16)15(10(13)17)6-5-14-4-2-3-12-14/h2-4,7H,5-6,11H2,1H3. The first kappa shape index (κ1) is 11.2. The molecule has 0 aromatic carbocycles. The van der Waals surface area contributed by atoms with Crippen molar-refractivity contribution in [2.45, 2.75) is 13.1 Å². The van der Waals surface area contributed by atoms with Gasteiger partial charge in [0, 0.05) is 25.6 Å². The Hall–Kier alpha value is -2.31. The van der Waals surface area contributed by atoms with E-state index >= 15 is 0 Å². The third-order valence-corrected chi connectivity index (χ3v) is 2.47. The lowest BCUT2D eigenvalue weighted by atomic mass is 10.5. The van der Waals surface area contributed by atoms with E-state index in [1.807, 2.05) is 0 Å². The maximum atomic E-state index is 11.7. The summed E-state index contributed by atoms with van der Waals surface area (Å²) in [6.45, 7) is 0.698. The minimum Gasteiger partial charge on any atom is -0.393 e. The van der Waals surface area contributed by atoms with Gasteiger partial charge >= 0.3 is 5.69 Å². The average molecular weight is 235 g/mol. The van der Waals surface area contributed by atoms with Gasteiger partial charge in [-0.15, -0.1) is 0 Å². The Balaban J connectivity index is 2.33. The SMILES string of the molecule is Cn1cc(N)c(=O)n(CCn2cccn2)c1=O. The van der Waals surface area contributed by atoms with Gasteiger partial charge in [0.2, 0.25) is 0 Å². The topological polar surface area (TPSA) is 87.8 Å². The Morgan fingerprint density at radius 1 is 1.35 bits per heavy atom. The summed E-state index contributed by atoms with van der Waals surface area (Å²) in [6, 6.07) is 1.78. The summed E-state index contributed by atoms with van der Waals surface area (Å²) in [5.41, 5.74) is 4.75. The van der Waals surface area contributed by atoms with Crippen LogP contribution in [0.25, 0.3) is 0 Å². The number of aromatic nitrogens is 4. The van der Waals surface area contributed by atoms with E-state index in [0.717, 1.165) is 4.57 Å². The summed E-state index contributed by atoms with van der Waals surface area (Å²) in [4.78, 5) is 23.4. The van der Waals surface area contributed by atoms with Crippen molar-refractivity contribution in [1.29, 1.82) is 0 Å². The summed E-state index contributed by atoms with van der Waals surface area (Å²) in [6.07, 6.45) is 4.73. The highest BCUT2D eigenvalue weighted by atomic mass is 16.2. The molecule has 90 valence electrons. The van der Waals surface area contributed by atoms with E-state index in [2.05, 4.69) is 5.10 Å². The van der Waals surface area contributed by atoms with Crippen LogP contribution >= 0.6 is 0 Å². The lowest BCUT2D eigenvalue weighted by Crippen LogP contribution is -2.40. The van der Waals surface area contributed by atoms with E-state index in [1.165, 1.54) is 10.8 Å². The number of anilines is 1. The van der Waals surface area contributed by atoms with Crippen LogP contribution in [0.4, 0.5) is 5.69 Å². The molecule has 2 aromatic heterocycles. The first-order chi connectivity index (χ1) is 8.09. The normalized spacial score (nSPS) is 10.6. The first-order valence-corrected chi connectivity index (χ1v) is 5.13. The maximum absolute atomic E-state index is 11.7. The number of rotatable bonds is 3. The van der Waals surface area contributed by atoms with Crippen LogP contribution in [0.3, 0.4) is 0 Å². The highest BCUT2D eigenvalue weighted by Crippen LogP contribution is 1.89. The van der Waals surface area contributed by atoms with Gasteiger partial charge in [0.1, 0.15) is 5.69 Å². The lowest BCUT2D eigenvalue weighted by molar-refractivity contribution is 0.497. The molecule has 7 heteroatoms. The van der Waals surface area contributed by atoms with Gasteiger partial charge in [0.15, 0.2) is 0 Å². The summed E-state index contributed by atoms with van der Waals surface area (Å²) in [7, 11) is 1.56. The van der Waals surface area contributed by atoms with Gasteiger partial charge in [-0.25, -0.2) is 4.79 Å². The Kier molecular flexibility index (Phi) is 2.82. The van der Waals surface area contributed by atoms with E-state index in [1.54, 1.807) is 30.2 Å². The molecule has 0 radical (unpaired) electrons. The number of aryl methyl sites for hydroxylation is 2. The van der Waals surface area contributed by atoms with E-state index < -0.39 is 5.56 Å². The van der Waals surface area contributed by atoms with E-state index in [4.69, 9.17) is 5.73 Å². The summed E-state index contributed by atoms with van der Waals surface area (Å²) in [5, 5.41) is 4.00. The van der Waals surface area contributed by atoms with E-state index in [-0.39, 0.29) is 17.9 Å². The zero-order valence-electron chi connectivity index (χ0n) is 9.41. The predicted molar refractivity (Wildman–Crippen MR) is 62.6 cm³/mol. The quantitative estimate of drug-likeness (QED) is 0.741. The number of nitrogens with two attached hydrogens (primary N) is 1. The molecule has 2 N–H and O–H groups in total. The fourth-order valence-electron chi connectivity index (χ4n) is 1.58. The summed E-state index contributed by atoms with van der Waals surface area (Å²) >= 11 is 0. The molecule has 0 atom stereocenters. The Bertz CT molecular complexity index is 589. The van der Waals surface area contributed by atoms with Crippen molar-refractivity contribution in [2.75, 3.05) is 5.73 Å². The molecule has 0 bridgehead atoms. The predicted octanol–water partition coefficient (Wildman–Crippen LogP) is -0.974. The second kappa shape index (κ2) is 4.28. The van der Waals surface area contributed by atoms with Crippen LogP contribution in [0, 0.1) is 0 Å². The van der Waals surface area contributed by atoms with Crippen molar-refractivity contribution in [3.8, 4) is 0 Å². The summed E-state index contributed by atoms with van der Waals surface area (Å²) < 4.78 is 4.05. The van der Waals surface area contributed by atoms with Crippen LogP contribution in [0.5, 0.6) is 0 Å². The van der Waals surface area contributed by atoms with Crippen LogP contribution in [-0.2, 0) is 20.1 Å². The molecule has 0 fully saturated rings. The molecule has 0 amide bonds. The number of nitrogens with zero attached hydrogens (tertiary/aromatic N) is 4. The molecule has 2 aromatic rings. The van der Waals surface area contributed by atoms with Crippen LogP contribution in [-0.4, -0.2) is 18.9 Å². The van der Waals surface area contributed by atoms with Gasteiger partial charge in [0.25, 0.3) is 5.56 Å². The molecule has 2 rings (SSSR count). The zero-order valence-corrected chi connectivity index (χ0v) is 9.41. The minimum atomic E-state index is -0.458. The molecule has 7 nitrogen and oxygen atoms in total.